The zero-order valence-corrected chi connectivity index (χ0v) is 19.2. The number of carbonyl (C=O) groups is 2. The van der Waals surface area contributed by atoms with Gasteiger partial charge in [0.05, 0.1) is 14.2 Å². The second-order valence-corrected chi connectivity index (χ2v) is 8.29. The summed E-state index contributed by atoms with van der Waals surface area (Å²) in [5.41, 5.74) is 3.48. The van der Waals surface area contributed by atoms with E-state index in [-0.39, 0.29) is 18.2 Å². The minimum absolute atomic E-state index is 0.0755. The molecule has 0 aliphatic carbocycles. The minimum atomic E-state index is -0.520. The Morgan fingerprint density at radius 1 is 1.19 bits per heavy atom. The van der Waals surface area contributed by atoms with Crippen LogP contribution in [0.25, 0.3) is 0 Å². The molecule has 2 aromatic carbocycles. The van der Waals surface area contributed by atoms with Gasteiger partial charge in [0.2, 0.25) is 11.8 Å². The van der Waals surface area contributed by atoms with E-state index in [1.165, 1.54) is 11.8 Å². The Hall–Kier alpha value is -3.00. The number of amides is 2. The van der Waals surface area contributed by atoms with Gasteiger partial charge in [-0.3, -0.25) is 14.5 Å². The second kappa shape index (κ2) is 9.87. The van der Waals surface area contributed by atoms with Crippen molar-refractivity contribution in [1.29, 1.82) is 0 Å². The molecule has 1 aliphatic heterocycles. The van der Waals surface area contributed by atoms with Gasteiger partial charge in [-0.1, -0.05) is 23.9 Å². The fourth-order valence-corrected chi connectivity index (χ4v) is 4.47. The maximum absolute atomic E-state index is 12.9. The fourth-order valence-electron chi connectivity index (χ4n) is 3.25. The molecule has 0 spiro atoms. The van der Waals surface area contributed by atoms with Crippen LogP contribution in [0.1, 0.15) is 24.5 Å². The first-order valence-electron chi connectivity index (χ1n) is 10.0. The maximum Gasteiger partial charge on any atom is 0.242 e. The molecule has 0 unspecified atom stereocenters. The van der Waals surface area contributed by atoms with Gasteiger partial charge in [-0.25, -0.2) is 4.99 Å². The van der Waals surface area contributed by atoms with E-state index < -0.39 is 5.25 Å². The third-order valence-corrected chi connectivity index (χ3v) is 6.36. The zero-order chi connectivity index (χ0) is 22.5. The molecule has 0 aromatic heterocycles. The number of hydrogen-bond acceptors (Lipinski definition) is 6. The van der Waals surface area contributed by atoms with E-state index >= 15 is 0 Å². The van der Waals surface area contributed by atoms with Crippen LogP contribution in [0.15, 0.2) is 41.4 Å². The summed E-state index contributed by atoms with van der Waals surface area (Å²) in [6.07, 6.45) is 0.0755. The molecule has 8 heteroatoms. The van der Waals surface area contributed by atoms with Crippen LogP contribution in [0.3, 0.4) is 0 Å². The number of anilines is 1. The van der Waals surface area contributed by atoms with Crippen molar-refractivity contribution in [2.24, 2.45) is 4.99 Å². The third kappa shape index (κ3) is 5.02. The van der Waals surface area contributed by atoms with Crippen molar-refractivity contribution >= 4 is 40.1 Å². The quantitative estimate of drug-likeness (QED) is 0.693. The van der Waals surface area contributed by atoms with Crippen LogP contribution >= 0.6 is 11.8 Å². The van der Waals surface area contributed by atoms with Crippen molar-refractivity contribution in [3.05, 3.63) is 47.5 Å². The lowest BCUT2D eigenvalue weighted by molar-refractivity contribution is -0.128. The average Bonchev–Trinajstić information content (AvgIpc) is 3.05. The Balaban J connectivity index is 1.77. The van der Waals surface area contributed by atoms with Crippen molar-refractivity contribution in [3.63, 3.8) is 0 Å². The van der Waals surface area contributed by atoms with Crippen molar-refractivity contribution in [3.8, 4) is 11.5 Å². The summed E-state index contributed by atoms with van der Waals surface area (Å²) in [7, 11) is 3.14. The van der Waals surface area contributed by atoms with Gasteiger partial charge in [0, 0.05) is 24.7 Å². The molecule has 2 amide bonds. The van der Waals surface area contributed by atoms with E-state index in [1.807, 2.05) is 39.0 Å². The summed E-state index contributed by atoms with van der Waals surface area (Å²) in [5.74, 6) is 0.894. The van der Waals surface area contributed by atoms with Gasteiger partial charge >= 0.3 is 0 Å². The largest absolute Gasteiger partial charge is 0.497 e. The summed E-state index contributed by atoms with van der Waals surface area (Å²) in [6.45, 7) is 6.32. The topological polar surface area (TPSA) is 80.2 Å². The van der Waals surface area contributed by atoms with Gasteiger partial charge in [0.25, 0.3) is 0 Å². The van der Waals surface area contributed by atoms with Gasteiger partial charge in [-0.2, -0.15) is 0 Å². The van der Waals surface area contributed by atoms with E-state index in [4.69, 9.17) is 9.47 Å². The van der Waals surface area contributed by atoms with Gasteiger partial charge < -0.3 is 14.8 Å². The number of thioether (sulfide) groups is 1. The Morgan fingerprint density at radius 2 is 1.97 bits per heavy atom. The predicted octanol–water partition coefficient (Wildman–Crippen LogP) is 4.30. The predicted molar refractivity (Wildman–Crippen MR) is 125 cm³/mol. The molecule has 0 radical (unpaired) electrons. The van der Waals surface area contributed by atoms with Crippen LogP contribution in [0.5, 0.6) is 11.5 Å². The molecule has 1 fully saturated rings. The minimum Gasteiger partial charge on any atom is -0.497 e. The zero-order valence-electron chi connectivity index (χ0n) is 18.4. The molecular formula is C23H27N3O4S. The first kappa shape index (κ1) is 22.7. The summed E-state index contributed by atoms with van der Waals surface area (Å²) >= 11 is 1.30. The molecule has 7 nitrogen and oxygen atoms in total. The van der Waals surface area contributed by atoms with Crippen LogP contribution in [0, 0.1) is 13.8 Å². The van der Waals surface area contributed by atoms with E-state index in [0.717, 1.165) is 16.8 Å². The van der Waals surface area contributed by atoms with Crippen molar-refractivity contribution in [2.75, 3.05) is 26.1 Å². The second-order valence-electron chi connectivity index (χ2n) is 7.12. The number of nitrogens with one attached hydrogen (secondary N) is 1. The lowest BCUT2D eigenvalue weighted by Crippen LogP contribution is -2.33. The fraction of sp³-hybridized carbons (Fsp3) is 0.348. The number of aliphatic imine (C=N–C) groups is 1. The number of aryl methyl sites for hydroxylation is 1. The van der Waals surface area contributed by atoms with E-state index in [2.05, 4.69) is 10.3 Å². The van der Waals surface area contributed by atoms with Gasteiger partial charge in [0.1, 0.15) is 22.4 Å². The summed E-state index contributed by atoms with van der Waals surface area (Å²) < 4.78 is 10.6. The summed E-state index contributed by atoms with van der Waals surface area (Å²) in [4.78, 5) is 31.8. The SMILES string of the molecule is CCN1C(=O)[C@H](CC(=O)Nc2cccc(C)c2C)SC1=Nc1ccc(OC)cc1OC. The molecule has 2 aromatic rings. The van der Waals surface area contributed by atoms with Crippen LogP contribution in [-0.4, -0.2) is 47.9 Å². The highest BCUT2D eigenvalue weighted by Gasteiger charge is 2.38. The van der Waals surface area contributed by atoms with Crippen molar-refractivity contribution < 1.29 is 19.1 Å². The Morgan fingerprint density at radius 3 is 2.65 bits per heavy atom. The monoisotopic (exact) mass is 441 g/mol. The summed E-state index contributed by atoms with van der Waals surface area (Å²) in [6, 6.07) is 11.1. The molecular weight excluding hydrogens is 414 g/mol. The Kier molecular flexibility index (Phi) is 7.22. The van der Waals surface area contributed by atoms with Gasteiger partial charge in [-0.15, -0.1) is 0 Å². The molecule has 3 rings (SSSR count). The number of carbonyl (C=O) groups excluding carboxylic acids is 2. The van der Waals surface area contributed by atoms with E-state index in [1.54, 1.807) is 37.3 Å². The summed E-state index contributed by atoms with van der Waals surface area (Å²) in [5, 5.41) is 2.97. The number of amidine groups is 1. The molecule has 1 heterocycles. The molecule has 31 heavy (non-hydrogen) atoms. The van der Waals surface area contributed by atoms with Gasteiger partial charge in [-0.05, 0) is 50.1 Å². The number of methoxy groups -OCH3 is 2. The van der Waals surface area contributed by atoms with Crippen LogP contribution < -0.4 is 14.8 Å². The molecule has 1 N–H and O–H groups in total. The number of rotatable bonds is 7. The van der Waals surface area contributed by atoms with Crippen molar-refractivity contribution in [1.82, 2.24) is 4.90 Å². The number of hydrogen-bond donors (Lipinski definition) is 1. The van der Waals surface area contributed by atoms with E-state index in [0.29, 0.717) is 28.9 Å². The Bertz CT molecular complexity index is 1020. The lowest BCUT2D eigenvalue weighted by Gasteiger charge is -2.14. The highest BCUT2D eigenvalue weighted by atomic mass is 32.2. The molecule has 164 valence electrons. The molecule has 1 atom stereocenters. The first-order chi connectivity index (χ1) is 14.9. The third-order valence-electron chi connectivity index (χ3n) is 5.19. The van der Waals surface area contributed by atoms with Crippen LogP contribution in [0.2, 0.25) is 0 Å². The molecule has 0 saturated carbocycles. The normalized spacial score (nSPS) is 17.2. The van der Waals surface area contributed by atoms with Crippen LogP contribution in [-0.2, 0) is 9.59 Å². The highest BCUT2D eigenvalue weighted by molar-refractivity contribution is 8.15. The number of ether oxygens (including phenoxy) is 2. The highest BCUT2D eigenvalue weighted by Crippen LogP contribution is 2.36. The first-order valence-corrected chi connectivity index (χ1v) is 10.9. The molecule has 1 saturated heterocycles. The van der Waals surface area contributed by atoms with Crippen LogP contribution in [0.4, 0.5) is 11.4 Å². The Labute approximate surface area is 186 Å². The lowest BCUT2D eigenvalue weighted by atomic mass is 10.1. The van der Waals surface area contributed by atoms with Crippen molar-refractivity contribution in [2.45, 2.75) is 32.4 Å². The standard InChI is InChI=1S/C23H27N3O4S/c1-6-26-22(28)20(13-21(27)24-17-9-7-8-14(2)15(17)3)31-23(26)25-18-11-10-16(29-4)12-19(18)30-5/h7-12,20H,6,13H2,1-5H3,(H,24,27)/t20-/m0/s1. The molecule has 0 bridgehead atoms. The average molecular weight is 442 g/mol. The molecule has 1 aliphatic rings. The number of nitrogens with zero attached hydrogens (tertiary/aromatic N) is 2. The number of benzene rings is 2. The maximum atomic E-state index is 12.9. The van der Waals surface area contributed by atoms with E-state index in [9.17, 15) is 9.59 Å². The smallest absolute Gasteiger partial charge is 0.242 e. The van der Waals surface area contributed by atoms with Gasteiger partial charge in [0.15, 0.2) is 5.17 Å².